The first-order chi connectivity index (χ1) is 7.81. The van der Waals surface area contributed by atoms with Crippen LogP contribution in [0.3, 0.4) is 0 Å². The summed E-state index contributed by atoms with van der Waals surface area (Å²) in [6, 6.07) is 1.83. The van der Waals surface area contributed by atoms with E-state index in [1.807, 2.05) is 13.0 Å². The molecule has 1 aromatic rings. The van der Waals surface area contributed by atoms with E-state index < -0.39 is 0 Å². The number of anilines is 1. The molecule has 16 heavy (non-hydrogen) atoms. The normalized spacial score (nSPS) is 19.7. The van der Waals surface area contributed by atoms with Crippen molar-refractivity contribution in [2.45, 2.75) is 32.7 Å². The third-order valence-electron chi connectivity index (χ3n) is 2.91. The van der Waals surface area contributed by atoms with Crippen LogP contribution >= 0.6 is 0 Å². The van der Waals surface area contributed by atoms with Crippen LogP contribution in [0, 0.1) is 5.92 Å². The minimum absolute atomic E-state index is 0.111. The molecule has 0 fully saturated rings. The Hall–Kier alpha value is -1.58. The molecule has 1 aliphatic rings. The Morgan fingerprint density at radius 2 is 2.50 bits per heavy atom. The molecule has 1 aliphatic carbocycles. The molecule has 0 saturated carbocycles. The van der Waals surface area contributed by atoms with Crippen LogP contribution < -0.4 is 5.32 Å². The molecule has 0 bridgehead atoms. The average molecular weight is 219 g/mol. The monoisotopic (exact) mass is 219 g/mol. The Morgan fingerprint density at radius 1 is 1.62 bits per heavy atom. The molecular formula is C12H17N3O. The van der Waals surface area contributed by atoms with Gasteiger partial charge in [0, 0.05) is 18.5 Å². The number of hydrogen-bond donors (Lipinski definition) is 1. The molecule has 0 radical (unpaired) electrons. The summed E-state index contributed by atoms with van der Waals surface area (Å²) in [7, 11) is 0. The number of nitrogens with zero attached hydrogens (tertiary/aromatic N) is 2. The van der Waals surface area contributed by atoms with E-state index in [1.54, 1.807) is 10.9 Å². The predicted octanol–water partition coefficient (Wildman–Crippen LogP) is 2.20. The van der Waals surface area contributed by atoms with Gasteiger partial charge >= 0.3 is 0 Å². The highest BCUT2D eigenvalue weighted by Crippen LogP contribution is 2.20. The minimum atomic E-state index is 0.111. The summed E-state index contributed by atoms with van der Waals surface area (Å²) in [4.78, 5) is 11.9. The van der Waals surface area contributed by atoms with Crippen molar-refractivity contribution in [1.82, 2.24) is 9.78 Å². The Morgan fingerprint density at radius 3 is 3.19 bits per heavy atom. The van der Waals surface area contributed by atoms with Gasteiger partial charge < -0.3 is 5.32 Å². The van der Waals surface area contributed by atoms with E-state index in [1.165, 1.54) is 0 Å². The second-order valence-corrected chi connectivity index (χ2v) is 4.00. The van der Waals surface area contributed by atoms with Crippen molar-refractivity contribution < 1.29 is 4.79 Å². The highest BCUT2D eigenvalue weighted by molar-refractivity contribution is 5.91. The molecule has 1 N–H and O–H groups in total. The van der Waals surface area contributed by atoms with Crippen LogP contribution in [0.4, 0.5) is 5.82 Å². The molecule has 0 aliphatic heterocycles. The maximum atomic E-state index is 11.9. The van der Waals surface area contributed by atoms with Gasteiger partial charge in [0.1, 0.15) is 5.82 Å². The number of rotatable bonds is 3. The van der Waals surface area contributed by atoms with Gasteiger partial charge in [0.05, 0.1) is 6.20 Å². The number of allylic oxidation sites excluding steroid dienone is 2. The van der Waals surface area contributed by atoms with Crippen LogP contribution in [0.25, 0.3) is 0 Å². The van der Waals surface area contributed by atoms with Gasteiger partial charge in [-0.15, -0.1) is 0 Å². The molecule has 1 heterocycles. The van der Waals surface area contributed by atoms with Crippen LogP contribution in [-0.2, 0) is 11.3 Å². The van der Waals surface area contributed by atoms with Crippen LogP contribution in [0.15, 0.2) is 24.4 Å². The number of aromatic nitrogens is 2. The summed E-state index contributed by atoms with van der Waals surface area (Å²) in [5, 5.41) is 7.06. The lowest BCUT2D eigenvalue weighted by atomic mass is 9.94. The molecule has 1 aromatic heterocycles. The van der Waals surface area contributed by atoms with Gasteiger partial charge in [0.25, 0.3) is 0 Å². The van der Waals surface area contributed by atoms with Gasteiger partial charge in [-0.25, -0.2) is 4.68 Å². The number of nitrogens with one attached hydrogen (secondary N) is 1. The van der Waals surface area contributed by atoms with Crippen molar-refractivity contribution in [3.63, 3.8) is 0 Å². The number of hydrogen-bond acceptors (Lipinski definition) is 2. The molecule has 0 unspecified atom stereocenters. The van der Waals surface area contributed by atoms with Crippen LogP contribution in [0.5, 0.6) is 0 Å². The van der Waals surface area contributed by atoms with Gasteiger partial charge in [0.15, 0.2) is 0 Å². The van der Waals surface area contributed by atoms with Gasteiger partial charge in [-0.3, -0.25) is 4.79 Å². The molecule has 0 saturated heterocycles. The fourth-order valence-corrected chi connectivity index (χ4v) is 1.95. The maximum absolute atomic E-state index is 11.9. The second kappa shape index (κ2) is 4.96. The Labute approximate surface area is 95.3 Å². The Kier molecular flexibility index (Phi) is 3.39. The first-order valence-corrected chi connectivity index (χ1v) is 5.79. The van der Waals surface area contributed by atoms with Gasteiger partial charge in [-0.1, -0.05) is 12.2 Å². The summed E-state index contributed by atoms with van der Waals surface area (Å²) in [6.07, 6.45) is 8.74. The third-order valence-corrected chi connectivity index (χ3v) is 2.91. The van der Waals surface area contributed by atoms with Crippen molar-refractivity contribution in [3.8, 4) is 0 Å². The van der Waals surface area contributed by atoms with E-state index >= 15 is 0 Å². The van der Waals surface area contributed by atoms with Crippen molar-refractivity contribution in [3.05, 3.63) is 24.4 Å². The van der Waals surface area contributed by atoms with E-state index in [0.717, 1.165) is 31.6 Å². The van der Waals surface area contributed by atoms with Gasteiger partial charge in [-0.2, -0.15) is 5.10 Å². The minimum Gasteiger partial charge on any atom is -0.311 e. The number of carbonyl (C=O) groups excluding carboxylic acids is 1. The quantitative estimate of drug-likeness (QED) is 0.792. The molecule has 4 nitrogen and oxygen atoms in total. The maximum Gasteiger partial charge on any atom is 0.228 e. The molecule has 1 amide bonds. The van der Waals surface area contributed by atoms with Crippen LogP contribution in [0.2, 0.25) is 0 Å². The SMILES string of the molecule is CCn1nccc1NC(=O)[C@@H]1CC=CCC1. The van der Waals surface area contributed by atoms with Gasteiger partial charge in [0.2, 0.25) is 5.91 Å². The standard InChI is InChI=1S/C12H17N3O/c1-2-15-11(8-9-13-15)14-12(16)10-6-4-3-5-7-10/h3-4,8-10H,2,5-7H2,1H3,(H,14,16)/t10-/m1/s1. The van der Waals surface area contributed by atoms with E-state index in [9.17, 15) is 4.79 Å². The predicted molar refractivity (Wildman–Crippen MR) is 63.0 cm³/mol. The zero-order valence-electron chi connectivity index (χ0n) is 9.52. The molecule has 1 atom stereocenters. The van der Waals surface area contributed by atoms with E-state index in [-0.39, 0.29) is 11.8 Å². The number of amides is 1. The lowest BCUT2D eigenvalue weighted by Crippen LogP contribution is -2.24. The number of carbonyl (C=O) groups is 1. The molecule has 86 valence electrons. The zero-order valence-corrected chi connectivity index (χ0v) is 9.52. The molecule has 4 heteroatoms. The molecular weight excluding hydrogens is 202 g/mol. The Balaban J connectivity index is 1.99. The van der Waals surface area contributed by atoms with E-state index in [0.29, 0.717) is 0 Å². The summed E-state index contributed by atoms with van der Waals surface area (Å²) in [5.41, 5.74) is 0. The summed E-state index contributed by atoms with van der Waals surface area (Å²) in [5.74, 6) is 1.02. The van der Waals surface area contributed by atoms with Crippen molar-refractivity contribution in [1.29, 1.82) is 0 Å². The van der Waals surface area contributed by atoms with Crippen LogP contribution in [0.1, 0.15) is 26.2 Å². The summed E-state index contributed by atoms with van der Waals surface area (Å²) < 4.78 is 1.79. The molecule has 2 rings (SSSR count). The topological polar surface area (TPSA) is 46.9 Å². The van der Waals surface area contributed by atoms with Crippen molar-refractivity contribution >= 4 is 11.7 Å². The lowest BCUT2D eigenvalue weighted by Gasteiger charge is -2.17. The van der Waals surface area contributed by atoms with E-state index in [4.69, 9.17) is 0 Å². The summed E-state index contributed by atoms with van der Waals surface area (Å²) >= 11 is 0. The third kappa shape index (κ3) is 2.32. The van der Waals surface area contributed by atoms with Crippen molar-refractivity contribution in [2.24, 2.45) is 5.92 Å². The lowest BCUT2D eigenvalue weighted by molar-refractivity contribution is -0.120. The van der Waals surface area contributed by atoms with E-state index in [2.05, 4.69) is 22.6 Å². The molecule has 0 aromatic carbocycles. The van der Waals surface area contributed by atoms with Gasteiger partial charge in [-0.05, 0) is 26.2 Å². The first kappa shape index (κ1) is 10.9. The second-order valence-electron chi connectivity index (χ2n) is 4.00. The largest absolute Gasteiger partial charge is 0.311 e. The fourth-order valence-electron chi connectivity index (χ4n) is 1.95. The first-order valence-electron chi connectivity index (χ1n) is 5.79. The molecule has 0 spiro atoms. The number of aryl methyl sites for hydroxylation is 1. The van der Waals surface area contributed by atoms with Crippen LogP contribution in [-0.4, -0.2) is 15.7 Å². The summed E-state index contributed by atoms with van der Waals surface area (Å²) in [6.45, 7) is 2.78. The smallest absolute Gasteiger partial charge is 0.228 e. The fraction of sp³-hybridized carbons (Fsp3) is 0.500. The highest BCUT2D eigenvalue weighted by Gasteiger charge is 2.19. The van der Waals surface area contributed by atoms with Crippen molar-refractivity contribution in [2.75, 3.05) is 5.32 Å². The average Bonchev–Trinajstić information content (AvgIpc) is 2.77. The zero-order chi connectivity index (χ0) is 11.4. The highest BCUT2D eigenvalue weighted by atomic mass is 16.2. The Bertz CT molecular complexity index is 395.